The van der Waals surface area contributed by atoms with Gasteiger partial charge >= 0.3 is 0 Å². The van der Waals surface area contributed by atoms with Crippen LogP contribution in [-0.4, -0.2) is 0 Å². The molecule has 2 aromatic rings. The van der Waals surface area contributed by atoms with Crippen molar-refractivity contribution < 1.29 is 9.78 Å². The van der Waals surface area contributed by atoms with Crippen LogP contribution in [0.5, 0.6) is 5.75 Å². The number of benzene rings is 2. The Hall–Kier alpha value is -2.00. The molecule has 3 rings (SSSR count). The number of anilines is 1. The fourth-order valence-corrected chi connectivity index (χ4v) is 1.71. The first kappa shape index (κ1) is 9.24. The zero-order valence-electron chi connectivity index (χ0n) is 8.59. The molecule has 1 heterocycles. The summed E-state index contributed by atoms with van der Waals surface area (Å²) in [6.45, 7) is 0. The molecule has 0 radical (unpaired) electrons. The summed E-state index contributed by atoms with van der Waals surface area (Å²) in [6.07, 6.45) is -0.237. The minimum Gasteiger partial charge on any atom is -0.353 e. The molecule has 0 bridgehead atoms. The molecule has 3 heteroatoms. The highest BCUT2D eigenvalue weighted by Crippen LogP contribution is 2.34. The van der Waals surface area contributed by atoms with Gasteiger partial charge in [0.15, 0.2) is 5.75 Å². The zero-order valence-corrected chi connectivity index (χ0v) is 8.59. The van der Waals surface area contributed by atoms with Crippen LogP contribution in [-0.2, 0) is 4.89 Å². The van der Waals surface area contributed by atoms with Gasteiger partial charge in [-0.05, 0) is 18.2 Å². The average Bonchev–Trinajstić information content (AvgIpc) is 2.74. The molecular weight excluding hydrogens is 202 g/mol. The van der Waals surface area contributed by atoms with E-state index in [1.54, 1.807) is 0 Å². The number of para-hydroxylation sites is 2. The van der Waals surface area contributed by atoms with E-state index in [2.05, 4.69) is 5.32 Å². The number of hydrogen-bond donors (Lipinski definition) is 1. The van der Waals surface area contributed by atoms with Gasteiger partial charge in [-0.1, -0.05) is 36.4 Å². The molecule has 1 atom stereocenters. The fourth-order valence-electron chi connectivity index (χ4n) is 1.71. The normalized spacial score (nSPS) is 17.6. The van der Waals surface area contributed by atoms with E-state index >= 15 is 0 Å². The lowest BCUT2D eigenvalue weighted by Gasteiger charge is -2.11. The Morgan fingerprint density at radius 1 is 0.875 bits per heavy atom. The monoisotopic (exact) mass is 213 g/mol. The van der Waals surface area contributed by atoms with Crippen LogP contribution in [0.3, 0.4) is 0 Å². The second kappa shape index (κ2) is 3.87. The van der Waals surface area contributed by atoms with Gasteiger partial charge in [-0.25, -0.2) is 0 Å². The predicted octanol–water partition coefficient (Wildman–Crippen LogP) is 3.12. The van der Waals surface area contributed by atoms with E-state index < -0.39 is 0 Å². The SMILES string of the molecule is c1ccc(NC2OOc3ccccc32)cc1. The quantitative estimate of drug-likeness (QED) is 0.777. The summed E-state index contributed by atoms with van der Waals surface area (Å²) in [7, 11) is 0. The number of nitrogens with one attached hydrogen (secondary N) is 1. The molecule has 0 spiro atoms. The maximum Gasteiger partial charge on any atom is 0.204 e. The van der Waals surface area contributed by atoms with Crippen molar-refractivity contribution in [2.24, 2.45) is 0 Å². The number of fused-ring (bicyclic) bond motifs is 1. The highest BCUT2D eigenvalue weighted by atomic mass is 17.2. The molecule has 3 nitrogen and oxygen atoms in total. The summed E-state index contributed by atoms with van der Waals surface area (Å²) < 4.78 is 0. The van der Waals surface area contributed by atoms with Gasteiger partial charge in [0.1, 0.15) is 0 Å². The lowest BCUT2D eigenvalue weighted by atomic mass is 10.2. The first-order valence-corrected chi connectivity index (χ1v) is 5.17. The molecule has 1 aliphatic heterocycles. The van der Waals surface area contributed by atoms with Crippen molar-refractivity contribution in [2.45, 2.75) is 6.23 Å². The van der Waals surface area contributed by atoms with Crippen LogP contribution in [0.15, 0.2) is 54.6 Å². The van der Waals surface area contributed by atoms with Crippen LogP contribution in [0.2, 0.25) is 0 Å². The van der Waals surface area contributed by atoms with Crippen LogP contribution < -0.4 is 10.2 Å². The Morgan fingerprint density at radius 2 is 1.62 bits per heavy atom. The fraction of sp³-hybridized carbons (Fsp3) is 0.0769. The number of rotatable bonds is 2. The van der Waals surface area contributed by atoms with E-state index in [9.17, 15) is 0 Å². The lowest BCUT2D eigenvalue weighted by Crippen LogP contribution is -2.09. The first-order valence-electron chi connectivity index (χ1n) is 5.17. The van der Waals surface area contributed by atoms with E-state index in [-0.39, 0.29) is 6.23 Å². The van der Waals surface area contributed by atoms with Crippen LogP contribution in [0.1, 0.15) is 11.8 Å². The summed E-state index contributed by atoms with van der Waals surface area (Å²) in [5.41, 5.74) is 2.03. The molecule has 0 amide bonds. The Balaban J connectivity index is 1.84. The summed E-state index contributed by atoms with van der Waals surface area (Å²) in [6, 6.07) is 17.7. The Kier molecular flexibility index (Phi) is 2.23. The third kappa shape index (κ3) is 1.61. The molecule has 1 unspecified atom stereocenters. The summed E-state index contributed by atoms with van der Waals surface area (Å²) in [4.78, 5) is 10.3. The minimum atomic E-state index is -0.237. The van der Waals surface area contributed by atoms with Crippen molar-refractivity contribution >= 4 is 5.69 Å². The molecule has 0 fully saturated rings. The van der Waals surface area contributed by atoms with E-state index in [0.29, 0.717) is 0 Å². The molecule has 1 aliphatic rings. The largest absolute Gasteiger partial charge is 0.353 e. The highest BCUT2D eigenvalue weighted by Gasteiger charge is 2.25. The van der Waals surface area contributed by atoms with Crippen molar-refractivity contribution in [3.05, 3.63) is 60.2 Å². The van der Waals surface area contributed by atoms with E-state index in [4.69, 9.17) is 9.78 Å². The molecule has 1 N–H and O–H groups in total. The Morgan fingerprint density at radius 3 is 2.50 bits per heavy atom. The topological polar surface area (TPSA) is 30.5 Å². The first-order chi connectivity index (χ1) is 7.93. The summed E-state index contributed by atoms with van der Waals surface area (Å²) in [5.74, 6) is 0.774. The van der Waals surface area contributed by atoms with Gasteiger partial charge in [0.2, 0.25) is 6.23 Å². The summed E-state index contributed by atoms with van der Waals surface area (Å²) >= 11 is 0. The lowest BCUT2D eigenvalue weighted by molar-refractivity contribution is -0.215. The second-order valence-corrected chi connectivity index (χ2v) is 3.61. The molecule has 16 heavy (non-hydrogen) atoms. The average molecular weight is 213 g/mol. The van der Waals surface area contributed by atoms with E-state index in [0.717, 1.165) is 17.0 Å². The molecular formula is C13H11NO2. The maximum absolute atomic E-state index is 5.22. The van der Waals surface area contributed by atoms with Gasteiger partial charge in [0.25, 0.3) is 0 Å². The highest BCUT2D eigenvalue weighted by molar-refractivity contribution is 5.47. The van der Waals surface area contributed by atoms with Crippen molar-refractivity contribution in [1.29, 1.82) is 0 Å². The van der Waals surface area contributed by atoms with Crippen LogP contribution in [0.4, 0.5) is 5.69 Å². The molecule has 80 valence electrons. The smallest absolute Gasteiger partial charge is 0.204 e. The molecule has 0 saturated heterocycles. The van der Waals surface area contributed by atoms with Crippen molar-refractivity contribution in [3.63, 3.8) is 0 Å². The van der Waals surface area contributed by atoms with Crippen LogP contribution >= 0.6 is 0 Å². The van der Waals surface area contributed by atoms with Gasteiger partial charge in [-0.3, -0.25) is 0 Å². The number of hydrogen-bond acceptors (Lipinski definition) is 3. The van der Waals surface area contributed by atoms with Gasteiger partial charge in [0, 0.05) is 5.69 Å². The Bertz CT molecular complexity index is 484. The molecule has 0 aromatic heterocycles. The van der Waals surface area contributed by atoms with Crippen molar-refractivity contribution in [2.75, 3.05) is 5.32 Å². The third-order valence-corrected chi connectivity index (χ3v) is 2.51. The van der Waals surface area contributed by atoms with Gasteiger partial charge < -0.3 is 10.2 Å². The standard InChI is InChI=1S/C13H11NO2/c1-2-6-10(7-3-1)14-13-11-8-4-5-9-12(11)15-16-13/h1-9,13-14H. The molecule has 2 aromatic carbocycles. The summed E-state index contributed by atoms with van der Waals surface area (Å²) in [5, 5.41) is 3.25. The minimum absolute atomic E-state index is 0.237. The van der Waals surface area contributed by atoms with Gasteiger partial charge in [-0.2, -0.15) is 4.89 Å². The zero-order chi connectivity index (χ0) is 10.8. The predicted molar refractivity (Wildman–Crippen MR) is 61.0 cm³/mol. The van der Waals surface area contributed by atoms with Gasteiger partial charge in [0.05, 0.1) is 5.56 Å². The molecule has 0 aliphatic carbocycles. The van der Waals surface area contributed by atoms with E-state index in [1.807, 2.05) is 54.6 Å². The van der Waals surface area contributed by atoms with Crippen molar-refractivity contribution in [1.82, 2.24) is 0 Å². The van der Waals surface area contributed by atoms with Crippen LogP contribution in [0.25, 0.3) is 0 Å². The Labute approximate surface area is 93.6 Å². The van der Waals surface area contributed by atoms with Crippen molar-refractivity contribution in [3.8, 4) is 5.75 Å². The molecule has 0 saturated carbocycles. The third-order valence-electron chi connectivity index (χ3n) is 2.51. The second-order valence-electron chi connectivity index (χ2n) is 3.61. The van der Waals surface area contributed by atoms with E-state index in [1.165, 1.54) is 0 Å². The van der Waals surface area contributed by atoms with Gasteiger partial charge in [-0.15, -0.1) is 0 Å². The maximum atomic E-state index is 5.22. The van der Waals surface area contributed by atoms with Crippen LogP contribution in [0, 0.1) is 0 Å².